The van der Waals surface area contributed by atoms with Crippen LogP contribution < -0.4 is 0 Å². The number of rotatable bonds is 2. The molecule has 0 aromatic carbocycles. The molecule has 2 N–H and O–H groups in total. The summed E-state index contributed by atoms with van der Waals surface area (Å²) in [5.74, 6) is 0. The monoisotopic (exact) mass is 131 g/mol. The van der Waals surface area contributed by atoms with Crippen LogP contribution >= 0.6 is 0 Å². The van der Waals surface area contributed by atoms with E-state index in [0.717, 1.165) is 0 Å². The van der Waals surface area contributed by atoms with Crippen molar-refractivity contribution in [3.8, 4) is 0 Å². The zero-order valence-electron chi connectivity index (χ0n) is 4.95. The Kier molecular flexibility index (Phi) is 2.02. The minimum Gasteiger partial charge on any atom is -0.392 e. The Morgan fingerprint density at radius 3 is 2.78 bits per heavy atom. The van der Waals surface area contributed by atoms with E-state index in [0.29, 0.717) is 12.1 Å². The summed E-state index contributed by atoms with van der Waals surface area (Å²) in [4.78, 5) is 4.68. The summed E-state index contributed by atoms with van der Waals surface area (Å²) in [6.45, 7) is -0.108. The van der Waals surface area contributed by atoms with Crippen molar-refractivity contribution >= 4 is 5.71 Å². The van der Waals surface area contributed by atoms with Crippen LogP contribution in [0.1, 0.15) is 6.42 Å². The Bertz CT molecular complexity index is 123. The highest BCUT2D eigenvalue weighted by Crippen LogP contribution is 2.08. The lowest BCUT2D eigenvalue weighted by atomic mass is 10.2. The van der Waals surface area contributed by atoms with Gasteiger partial charge in [-0.1, -0.05) is 5.16 Å². The van der Waals surface area contributed by atoms with Gasteiger partial charge in [0.25, 0.3) is 0 Å². The van der Waals surface area contributed by atoms with Gasteiger partial charge in [0.2, 0.25) is 0 Å². The Morgan fingerprint density at radius 2 is 2.44 bits per heavy atom. The van der Waals surface area contributed by atoms with Crippen molar-refractivity contribution in [1.29, 1.82) is 0 Å². The lowest BCUT2D eigenvalue weighted by Gasteiger charge is -1.99. The number of hydrogen-bond acceptors (Lipinski definition) is 4. The highest BCUT2D eigenvalue weighted by molar-refractivity contribution is 5.86. The lowest BCUT2D eigenvalue weighted by molar-refractivity contribution is 0.0390. The van der Waals surface area contributed by atoms with Crippen LogP contribution in [0.3, 0.4) is 0 Å². The average molecular weight is 131 g/mol. The Morgan fingerprint density at radius 1 is 1.67 bits per heavy atom. The SMILES string of the molecule is OCC1=NOC(CO)C1. The Labute approximate surface area is 52.7 Å². The standard InChI is InChI=1S/C5H9NO3/c7-2-4-1-5(3-8)9-6-4/h5,7-8H,1-3H2. The molecule has 0 aromatic heterocycles. The van der Waals surface area contributed by atoms with E-state index in [1.165, 1.54) is 0 Å². The lowest BCUT2D eigenvalue weighted by Crippen LogP contribution is -2.13. The number of aliphatic hydroxyl groups is 2. The molecule has 52 valence electrons. The molecule has 9 heavy (non-hydrogen) atoms. The van der Waals surface area contributed by atoms with Gasteiger partial charge in [0.05, 0.1) is 18.9 Å². The topological polar surface area (TPSA) is 62.1 Å². The number of hydrogen-bond donors (Lipinski definition) is 2. The summed E-state index contributed by atoms with van der Waals surface area (Å²) in [5, 5.41) is 20.5. The number of aliphatic hydroxyl groups excluding tert-OH is 2. The Balaban J connectivity index is 2.31. The number of nitrogens with zero attached hydrogens (tertiary/aromatic N) is 1. The van der Waals surface area contributed by atoms with E-state index in [1.54, 1.807) is 0 Å². The third-order valence-electron chi connectivity index (χ3n) is 1.18. The Hall–Kier alpha value is -0.610. The van der Waals surface area contributed by atoms with Crippen molar-refractivity contribution in [2.75, 3.05) is 13.2 Å². The first-order valence-electron chi connectivity index (χ1n) is 2.80. The third kappa shape index (κ3) is 1.40. The fraction of sp³-hybridized carbons (Fsp3) is 0.800. The zero-order chi connectivity index (χ0) is 6.69. The minimum atomic E-state index is -0.229. The van der Waals surface area contributed by atoms with Gasteiger partial charge >= 0.3 is 0 Å². The highest BCUT2D eigenvalue weighted by Gasteiger charge is 2.18. The van der Waals surface area contributed by atoms with Crippen LogP contribution in [0.2, 0.25) is 0 Å². The van der Waals surface area contributed by atoms with Gasteiger partial charge in [-0.05, 0) is 0 Å². The molecule has 0 amide bonds. The molecule has 1 aliphatic rings. The zero-order valence-corrected chi connectivity index (χ0v) is 4.95. The first-order chi connectivity index (χ1) is 4.36. The van der Waals surface area contributed by atoms with Crippen LogP contribution in [-0.2, 0) is 4.84 Å². The predicted octanol–water partition coefficient (Wildman–Crippen LogP) is -0.884. The van der Waals surface area contributed by atoms with Crippen LogP contribution in [0, 0.1) is 0 Å². The van der Waals surface area contributed by atoms with Gasteiger partial charge in [0.15, 0.2) is 6.10 Å². The van der Waals surface area contributed by atoms with Crippen LogP contribution in [0.5, 0.6) is 0 Å². The summed E-state index contributed by atoms with van der Waals surface area (Å²) >= 11 is 0. The van der Waals surface area contributed by atoms with Crippen LogP contribution in [-0.4, -0.2) is 35.2 Å². The molecule has 0 aromatic rings. The fourth-order valence-electron chi connectivity index (χ4n) is 0.678. The van der Waals surface area contributed by atoms with Gasteiger partial charge in [-0.3, -0.25) is 0 Å². The molecule has 1 aliphatic heterocycles. The van der Waals surface area contributed by atoms with E-state index >= 15 is 0 Å². The maximum absolute atomic E-state index is 8.50. The van der Waals surface area contributed by atoms with Crippen molar-refractivity contribution in [1.82, 2.24) is 0 Å². The molecule has 0 aliphatic carbocycles. The second-order valence-electron chi connectivity index (χ2n) is 1.93. The quantitative estimate of drug-likeness (QED) is 0.511. The third-order valence-corrected chi connectivity index (χ3v) is 1.18. The first-order valence-corrected chi connectivity index (χ1v) is 2.80. The summed E-state index contributed by atoms with van der Waals surface area (Å²) in [6.07, 6.45) is 0.319. The molecule has 1 heterocycles. The predicted molar refractivity (Wildman–Crippen MR) is 31.1 cm³/mol. The van der Waals surface area contributed by atoms with Gasteiger partial charge in [0, 0.05) is 6.42 Å². The van der Waals surface area contributed by atoms with E-state index < -0.39 is 0 Å². The van der Waals surface area contributed by atoms with Gasteiger partial charge < -0.3 is 15.1 Å². The van der Waals surface area contributed by atoms with E-state index in [4.69, 9.17) is 10.2 Å². The average Bonchev–Trinajstić information content (AvgIpc) is 2.34. The van der Waals surface area contributed by atoms with Crippen LogP contribution in [0.4, 0.5) is 0 Å². The van der Waals surface area contributed by atoms with Crippen molar-refractivity contribution in [2.45, 2.75) is 12.5 Å². The van der Waals surface area contributed by atoms with E-state index in [2.05, 4.69) is 9.99 Å². The molecule has 0 fully saturated rings. The van der Waals surface area contributed by atoms with E-state index in [9.17, 15) is 0 Å². The molecule has 0 saturated carbocycles. The normalized spacial score (nSPS) is 25.6. The van der Waals surface area contributed by atoms with Crippen LogP contribution in [0.15, 0.2) is 5.16 Å². The first kappa shape index (κ1) is 6.51. The molecule has 0 bridgehead atoms. The van der Waals surface area contributed by atoms with Crippen molar-refractivity contribution < 1.29 is 15.1 Å². The van der Waals surface area contributed by atoms with Crippen molar-refractivity contribution in [2.24, 2.45) is 5.16 Å². The van der Waals surface area contributed by atoms with Gasteiger partial charge in [0.1, 0.15) is 0 Å². The largest absolute Gasteiger partial charge is 0.392 e. The van der Waals surface area contributed by atoms with Crippen molar-refractivity contribution in [3.05, 3.63) is 0 Å². The van der Waals surface area contributed by atoms with Crippen molar-refractivity contribution in [3.63, 3.8) is 0 Å². The molecule has 1 rings (SSSR count). The summed E-state index contributed by atoms with van der Waals surface area (Å²) in [6, 6.07) is 0. The van der Waals surface area contributed by atoms with Gasteiger partial charge in [-0.25, -0.2) is 0 Å². The molecule has 0 saturated heterocycles. The van der Waals surface area contributed by atoms with Gasteiger partial charge in [-0.15, -0.1) is 0 Å². The molecule has 0 radical (unpaired) electrons. The van der Waals surface area contributed by atoms with Crippen LogP contribution in [0.25, 0.3) is 0 Å². The summed E-state index contributed by atoms with van der Waals surface area (Å²) < 4.78 is 0. The summed E-state index contributed by atoms with van der Waals surface area (Å²) in [5.41, 5.74) is 0.606. The second-order valence-corrected chi connectivity index (χ2v) is 1.93. The molecule has 1 atom stereocenters. The molecule has 1 unspecified atom stereocenters. The summed E-state index contributed by atoms with van der Waals surface area (Å²) in [7, 11) is 0. The second kappa shape index (κ2) is 2.80. The molecule has 0 spiro atoms. The molecular formula is C5H9NO3. The highest BCUT2D eigenvalue weighted by atomic mass is 16.6. The smallest absolute Gasteiger partial charge is 0.155 e. The van der Waals surface area contributed by atoms with Gasteiger partial charge in [-0.2, -0.15) is 0 Å². The van der Waals surface area contributed by atoms with E-state index in [1.807, 2.05) is 0 Å². The molecule has 4 heteroatoms. The maximum Gasteiger partial charge on any atom is 0.155 e. The molecule has 4 nitrogen and oxygen atoms in total. The number of oxime groups is 1. The molecular weight excluding hydrogens is 122 g/mol. The van der Waals surface area contributed by atoms with E-state index in [-0.39, 0.29) is 19.3 Å². The minimum absolute atomic E-state index is 0.0347. The maximum atomic E-state index is 8.50. The fourth-order valence-corrected chi connectivity index (χ4v) is 0.678.